The smallest absolute Gasteiger partial charge is 0.201 e. The van der Waals surface area contributed by atoms with Crippen LogP contribution in [-0.2, 0) is 28.6 Å². The molecule has 0 rings (SSSR count). The third-order valence-electron chi connectivity index (χ3n) is 0.549. The third-order valence-corrected chi connectivity index (χ3v) is 1.57. The fourth-order valence-electron chi connectivity index (χ4n) is 0.222. The van der Waals surface area contributed by atoms with Crippen LogP contribution in [0.2, 0.25) is 0 Å². The quantitative estimate of drug-likeness (QED) is 0.376. The number of hydrogen-bond acceptors (Lipinski definition) is 4. The minimum atomic E-state index is -0.985. The zero-order chi connectivity index (χ0) is 6.41. The molecule has 0 saturated heterocycles. The summed E-state index contributed by atoms with van der Waals surface area (Å²) in [6.45, 7) is 1.46. The van der Waals surface area contributed by atoms with Crippen molar-refractivity contribution in [1.82, 2.24) is 5.32 Å². The zero-order valence-electron chi connectivity index (χ0n) is 4.59. The number of rotatable bonds is 4. The summed E-state index contributed by atoms with van der Waals surface area (Å²) in [7, 11) is 1.86. The van der Waals surface area contributed by atoms with Crippen molar-refractivity contribution in [3.63, 3.8) is 0 Å². The lowest BCUT2D eigenvalue weighted by Gasteiger charge is -1.93. The van der Waals surface area contributed by atoms with Crippen LogP contribution in [0.3, 0.4) is 0 Å². The topological polar surface area (TPSA) is 21.3 Å². The molecule has 48 valence electrons. The Hall–Kier alpha value is 0.790. The van der Waals surface area contributed by atoms with Crippen LogP contribution in [0, 0.1) is 0 Å². The minimum Gasteiger partial charge on any atom is -0.441 e. The van der Waals surface area contributed by atoms with E-state index >= 15 is 0 Å². The molecule has 1 N–H and O–H groups in total. The zero-order valence-corrected chi connectivity index (χ0v) is 7.11. The summed E-state index contributed by atoms with van der Waals surface area (Å²) in [5, 5.41) is 2.92. The van der Waals surface area contributed by atoms with Crippen LogP contribution >= 0.6 is 6.13 Å². The van der Waals surface area contributed by atoms with Gasteiger partial charge < -0.3 is 17.6 Å². The maximum atomic E-state index is 4.91. The van der Waals surface area contributed by atoms with Crippen LogP contribution in [0.4, 0.5) is 0 Å². The molecule has 0 aromatic rings. The monoisotopic (exact) mass is 169 g/mol. The lowest BCUT2D eigenvalue weighted by Crippen LogP contribution is -2.11. The van der Waals surface area contributed by atoms with Crippen LogP contribution < -0.4 is 5.32 Å². The van der Waals surface area contributed by atoms with Crippen LogP contribution in [-0.4, -0.2) is 20.2 Å². The van der Waals surface area contributed by atoms with Gasteiger partial charge in [-0.3, -0.25) is 0 Å². The van der Waals surface area contributed by atoms with Crippen molar-refractivity contribution < 1.29 is 4.52 Å². The van der Waals surface area contributed by atoms with E-state index in [0.717, 1.165) is 6.54 Å². The van der Waals surface area contributed by atoms with E-state index in [2.05, 4.69) is 29.4 Å². The van der Waals surface area contributed by atoms with Gasteiger partial charge >= 0.3 is 0 Å². The molecular weight excluding hydrogens is 161 g/mol. The Bertz CT molecular complexity index is 79.7. The first-order valence-corrected chi connectivity index (χ1v) is 5.48. The molecule has 0 bridgehead atoms. The summed E-state index contributed by atoms with van der Waals surface area (Å²) in [6, 6.07) is 0. The molecule has 2 nitrogen and oxygen atoms in total. The average molecular weight is 169 g/mol. The molecule has 0 heterocycles. The van der Waals surface area contributed by atoms with Gasteiger partial charge in [-0.05, 0) is 7.05 Å². The van der Waals surface area contributed by atoms with Crippen molar-refractivity contribution in [3.05, 3.63) is 0 Å². The molecule has 0 aromatic heterocycles. The second-order valence-electron chi connectivity index (χ2n) is 1.16. The SMILES string of the molecule is CNCCO[P+](=S)[S-]. The van der Waals surface area contributed by atoms with E-state index in [1.165, 1.54) is 0 Å². The van der Waals surface area contributed by atoms with Gasteiger partial charge in [-0.2, -0.15) is 4.52 Å². The number of likely N-dealkylation sites (N-methyl/N-ethyl adjacent to an activating group) is 1. The summed E-state index contributed by atoms with van der Waals surface area (Å²) in [6.07, 6.45) is -0.985. The highest BCUT2D eigenvalue weighted by atomic mass is 32.9. The van der Waals surface area contributed by atoms with Gasteiger partial charge in [-0.1, -0.05) is 0 Å². The summed E-state index contributed by atoms with van der Waals surface area (Å²) in [5.74, 6) is 0. The summed E-state index contributed by atoms with van der Waals surface area (Å²) < 4.78 is 4.91. The van der Waals surface area contributed by atoms with Crippen LogP contribution in [0.15, 0.2) is 0 Å². The molecule has 0 saturated carbocycles. The molecule has 0 spiro atoms. The van der Waals surface area contributed by atoms with Crippen molar-refractivity contribution in [1.29, 1.82) is 0 Å². The van der Waals surface area contributed by atoms with Gasteiger partial charge in [0.2, 0.25) is 6.13 Å². The Labute approximate surface area is 60.7 Å². The van der Waals surface area contributed by atoms with Crippen molar-refractivity contribution >= 4 is 30.2 Å². The summed E-state index contributed by atoms with van der Waals surface area (Å²) >= 11 is 9.24. The highest BCUT2D eigenvalue weighted by Crippen LogP contribution is 2.15. The van der Waals surface area contributed by atoms with E-state index in [0.29, 0.717) is 6.61 Å². The highest BCUT2D eigenvalue weighted by molar-refractivity contribution is 8.45. The molecule has 5 heteroatoms. The maximum absolute atomic E-state index is 4.91. The third kappa shape index (κ3) is 6.79. The molecular formula is C3H8NOPS2. The van der Waals surface area contributed by atoms with E-state index in [1.807, 2.05) is 7.05 Å². The van der Waals surface area contributed by atoms with Gasteiger partial charge in [0.1, 0.15) is 6.61 Å². The number of nitrogens with one attached hydrogen (secondary N) is 1. The molecule has 0 aromatic carbocycles. The first kappa shape index (κ1) is 8.79. The molecule has 0 fully saturated rings. The molecule has 0 aliphatic heterocycles. The molecule has 0 amide bonds. The van der Waals surface area contributed by atoms with Crippen molar-refractivity contribution in [2.45, 2.75) is 0 Å². The van der Waals surface area contributed by atoms with E-state index in [9.17, 15) is 0 Å². The molecule has 8 heavy (non-hydrogen) atoms. The van der Waals surface area contributed by atoms with Gasteiger partial charge in [0.25, 0.3) is 0 Å². The van der Waals surface area contributed by atoms with E-state index in [-0.39, 0.29) is 0 Å². The van der Waals surface area contributed by atoms with Crippen molar-refractivity contribution in [2.24, 2.45) is 0 Å². The van der Waals surface area contributed by atoms with E-state index in [4.69, 9.17) is 4.52 Å². The van der Waals surface area contributed by atoms with Crippen molar-refractivity contribution in [3.8, 4) is 0 Å². The fraction of sp³-hybridized carbons (Fsp3) is 1.00. The average Bonchev–Trinajstić information content (AvgIpc) is 1.66. The number of hydrogen-bond donors (Lipinski definition) is 1. The molecule has 1 unspecified atom stereocenters. The Morgan fingerprint density at radius 3 is 2.88 bits per heavy atom. The Kier molecular flexibility index (Phi) is 6.50. The van der Waals surface area contributed by atoms with E-state index in [1.54, 1.807) is 0 Å². The fourth-order valence-corrected chi connectivity index (χ4v) is 0.910. The summed E-state index contributed by atoms with van der Waals surface area (Å²) in [5.41, 5.74) is 0. The second-order valence-corrected chi connectivity index (χ2v) is 4.55. The first-order chi connectivity index (χ1) is 3.77. The van der Waals surface area contributed by atoms with Gasteiger partial charge in [-0.15, -0.1) is 0 Å². The Morgan fingerprint density at radius 1 is 1.88 bits per heavy atom. The Morgan fingerprint density at radius 2 is 2.50 bits per heavy atom. The largest absolute Gasteiger partial charge is 0.441 e. The molecule has 0 radical (unpaired) electrons. The van der Waals surface area contributed by atoms with E-state index < -0.39 is 6.13 Å². The molecule has 0 aliphatic rings. The molecule has 1 atom stereocenters. The minimum absolute atomic E-state index is 0.634. The van der Waals surface area contributed by atoms with Crippen LogP contribution in [0.5, 0.6) is 0 Å². The summed E-state index contributed by atoms with van der Waals surface area (Å²) in [4.78, 5) is 0. The normalized spacial score (nSPS) is 11.5. The van der Waals surface area contributed by atoms with Crippen LogP contribution in [0.1, 0.15) is 0 Å². The predicted octanol–water partition coefficient (Wildman–Crippen LogP) is 0.543. The maximum Gasteiger partial charge on any atom is 0.201 e. The van der Waals surface area contributed by atoms with Crippen LogP contribution in [0.25, 0.3) is 0 Å². The second kappa shape index (κ2) is 5.92. The van der Waals surface area contributed by atoms with Crippen molar-refractivity contribution in [2.75, 3.05) is 20.2 Å². The van der Waals surface area contributed by atoms with Gasteiger partial charge in [0, 0.05) is 6.54 Å². The highest BCUT2D eigenvalue weighted by Gasteiger charge is 1.88. The lowest BCUT2D eigenvalue weighted by molar-refractivity contribution is 0.368. The lowest BCUT2D eigenvalue weighted by atomic mass is 10.7. The van der Waals surface area contributed by atoms with Gasteiger partial charge in [0.05, 0.1) is 0 Å². The standard InChI is InChI=1S/C3H8NOPS2/c1-4-2-3-5-6(7)8/h4H,2-3H2,1H3. The predicted molar refractivity (Wildman–Crippen MR) is 41.5 cm³/mol. The van der Waals surface area contributed by atoms with Gasteiger partial charge in [-0.25, -0.2) is 0 Å². The Balaban J connectivity index is 2.82. The molecule has 0 aliphatic carbocycles. The first-order valence-electron chi connectivity index (χ1n) is 2.19. The van der Waals surface area contributed by atoms with Gasteiger partial charge in [0.15, 0.2) is 11.8 Å².